The summed E-state index contributed by atoms with van der Waals surface area (Å²) in [5, 5.41) is 0. The molecule has 19 heavy (non-hydrogen) atoms. The number of hydrogen-bond donors (Lipinski definition) is 1. The van der Waals surface area contributed by atoms with Crippen molar-refractivity contribution in [1.29, 1.82) is 0 Å². The maximum atomic E-state index is 5.82. The van der Waals surface area contributed by atoms with Gasteiger partial charge in [0.2, 0.25) is 0 Å². The van der Waals surface area contributed by atoms with Crippen LogP contribution in [0.3, 0.4) is 0 Å². The van der Waals surface area contributed by atoms with Crippen molar-refractivity contribution in [3.05, 3.63) is 65.7 Å². The summed E-state index contributed by atoms with van der Waals surface area (Å²) in [6.07, 6.45) is 1.00. The number of nitrogens with one attached hydrogen (secondary N) is 1. The van der Waals surface area contributed by atoms with Crippen LogP contribution in [0.4, 0.5) is 0 Å². The zero-order valence-corrected chi connectivity index (χ0v) is 10.7. The first-order valence-corrected chi connectivity index (χ1v) is 6.56. The molecule has 0 radical (unpaired) electrons. The molecule has 98 valence electrons. The highest BCUT2D eigenvalue weighted by Crippen LogP contribution is 2.24. The van der Waals surface area contributed by atoms with Gasteiger partial charge >= 0.3 is 0 Å². The van der Waals surface area contributed by atoms with Crippen LogP contribution in [0, 0.1) is 0 Å². The number of benzene rings is 2. The molecule has 0 saturated carbocycles. The minimum absolute atomic E-state index is 0.278. The lowest BCUT2D eigenvalue weighted by Crippen LogP contribution is -2.11. The molecular formula is C16H17NO2. The molecule has 2 aromatic carbocycles. The largest absolute Gasteiger partial charge is 0.489 e. The number of rotatable bonds is 4. The van der Waals surface area contributed by atoms with Gasteiger partial charge in [-0.2, -0.15) is 5.48 Å². The van der Waals surface area contributed by atoms with Gasteiger partial charge in [0.15, 0.2) is 0 Å². The van der Waals surface area contributed by atoms with Gasteiger partial charge in [0.25, 0.3) is 0 Å². The second kappa shape index (κ2) is 5.87. The fourth-order valence-electron chi connectivity index (χ4n) is 2.19. The zero-order chi connectivity index (χ0) is 12.9. The summed E-state index contributed by atoms with van der Waals surface area (Å²) >= 11 is 0. The summed E-state index contributed by atoms with van der Waals surface area (Å²) in [7, 11) is 0. The van der Waals surface area contributed by atoms with Crippen molar-refractivity contribution in [1.82, 2.24) is 5.48 Å². The van der Waals surface area contributed by atoms with Crippen LogP contribution in [0.1, 0.15) is 23.6 Å². The van der Waals surface area contributed by atoms with Gasteiger partial charge in [-0.3, -0.25) is 0 Å². The van der Waals surface area contributed by atoms with Gasteiger partial charge in [0.05, 0.1) is 12.6 Å². The summed E-state index contributed by atoms with van der Waals surface area (Å²) in [6.45, 7) is 1.36. The third-order valence-electron chi connectivity index (χ3n) is 3.24. The maximum Gasteiger partial charge on any atom is 0.120 e. The Morgan fingerprint density at radius 3 is 2.79 bits per heavy atom. The van der Waals surface area contributed by atoms with Crippen LogP contribution in [0.5, 0.6) is 5.75 Å². The Hall–Kier alpha value is -1.84. The first-order chi connectivity index (χ1) is 9.42. The van der Waals surface area contributed by atoms with E-state index < -0.39 is 0 Å². The minimum atomic E-state index is 0.278. The van der Waals surface area contributed by atoms with Crippen LogP contribution in [0.2, 0.25) is 0 Å². The van der Waals surface area contributed by atoms with E-state index in [0.29, 0.717) is 6.61 Å². The molecule has 1 aliphatic rings. The van der Waals surface area contributed by atoms with E-state index in [0.717, 1.165) is 18.8 Å². The quantitative estimate of drug-likeness (QED) is 0.909. The summed E-state index contributed by atoms with van der Waals surface area (Å²) in [5.74, 6) is 0.898. The van der Waals surface area contributed by atoms with Gasteiger partial charge in [-0.05, 0) is 29.7 Å². The zero-order valence-electron chi connectivity index (χ0n) is 10.7. The summed E-state index contributed by atoms with van der Waals surface area (Å²) in [4.78, 5) is 5.19. The number of ether oxygens (including phenoxy) is 1. The van der Waals surface area contributed by atoms with Crippen molar-refractivity contribution in [2.75, 3.05) is 6.61 Å². The van der Waals surface area contributed by atoms with E-state index in [1.807, 2.05) is 30.3 Å². The monoisotopic (exact) mass is 255 g/mol. The molecule has 0 aliphatic carbocycles. The van der Waals surface area contributed by atoms with E-state index in [1.165, 1.54) is 11.1 Å². The van der Waals surface area contributed by atoms with E-state index >= 15 is 0 Å². The molecule has 3 heteroatoms. The normalized spacial score (nSPS) is 18.4. The molecule has 1 heterocycles. The molecule has 0 bridgehead atoms. The Balaban J connectivity index is 1.66. The first kappa shape index (κ1) is 12.2. The molecule has 0 amide bonds. The lowest BCUT2D eigenvalue weighted by atomic mass is 10.1. The molecular weight excluding hydrogens is 238 g/mol. The van der Waals surface area contributed by atoms with Crippen molar-refractivity contribution < 1.29 is 9.57 Å². The molecule has 3 nitrogen and oxygen atoms in total. The fraction of sp³-hybridized carbons (Fsp3) is 0.250. The molecule has 1 atom stereocenters. The molecule has 1 fully saturated rings. The van der Waals surface area contributed by atoms with Gasteiger partial charge < -0.3 is 9.57 Å². The molecule has 0 spiro atoms. The molecule has 1 aliphatic heterocycles. The van der Waals surface area contributed by atoms with Crippen molar-refractivity contribution >= 4 is 0 Å². The lowest BCUT2D eigenvalue weighted by Gasteiger charge is -2.11. The van der Waals surface area contributed by atoms with Crippen molar-refractivity contribution in [3.63, 3.8) is 0 Å². The third-order valence-corrected chi connectivity index (χ3v) is 3.24. The van der Waals surface area contributed by atoms with Crippen LogP contribution in [0.25, 0.3) is 0 Å². The van der Waals surface area contributed by atoms with Crippen LogP contribution in [0.15, 0.2) is 54.6 Å². The second-order valence-electron chi connectivity index (χ2n) is 4.65. The number of hydroxylamine groups is 1. The molecule has 3 rings (SSSR count). The Morgan fingerprint density at radius 2 is 2.00 bits per heavy atom. The van der Waals surface area contributed by atoms with Gasteiger partial charge in [0.1, 0.15) is 12.4 Å². The Labute approximate surface area is 113 Å². The van der Waals surface area contributed by atoms with Gasteiger partial charge in [-0.15, -0.1) is 0 Å². The topological polar surface area (TPSA) is 30.5 Å². The average molecular weight is 255 g/mol. The second-order valence-corrected chi connectivity index (χ2v) is 4.65. The van der Waals surface area contributed by atoms with Crippen molar-refractivity contribution in [2.45, 2.75) is 19.1 Å². The molecule has 2 aromatic rings. The highest BCUT2D eigenvalue weighted by molar-refractivity contribution is 5.31. The van der Waals surface area contributed by atoms with E-state index in [-0.39, 0.29) is 6.04 Å². The van der Waals surface area contributed by atoms with Crippen LogP contribution in [-0.2, 0) is 11.4 Å². The van der Waals surface area contributed by atoms with Gasteiger partial charge in [-0.25, -0.2) is 0 Å². The van der Waals surface area contributed by atoms with Crippen LogP contribution < -0.4 is 10.2 Å². The van der Waals surface area contributed by atoms with Crippen molar-refractivity contribution in [3.8, 4) is 5.75 Å². The van der Waals surface area contributed by atoms with Gasteiger partial charge in [0, 0.05) is 0 Å². The predicted molar refractivity (Wildman–Crippen MR) is 73.7 cm³/mol. The number of hydrogen-bond acceptors (Lipinski definition) is 3. The van der Waals surface area contributed by atoms with E-state index in [9.17, 15) is 0 Å². The Bertz CT molecular complexity index is 521. The SMILES string of the molecule is c1ccc(COc2cccc(C3CCON3)c2)cc1. The highest BCUT2D eigenvalue weighted by Gasteiger charge is 2.17. The standard InChI is InChI=1S/C16H17NO2/c1-2-5-13(6-3-1)12-18-15-8-4-7-14(11-15)16-9-10-19-17-16/h1-8,11,16-17H,9-10,12H2. The smallest absolute Gasteiger partial charge is 0.120 e. The summed E-state index contributed by atoms with van der Waals surface area (Å²) < 4.78 is 5.82. The lowest BCUT2D eigenvalue weighted by molar-refractivity contribution is 0.0882. The summed E-state index contributed by atoms with van der Waals surface area (Å²) in [5.41, 5.74) is 5.41. The summed E-state index contributed by atoms with van der Waals surface area (Å²) in [6, 6.07) is 18.7. The Kier molecular flexibility index (Phi) is 3.77. The maximum absolute atomic E-state index is 5.82. The molecule has 0 aromatic heterocycles. The first-order valence-electron chi connectivity index (χ1n) is 6.56. The Morgan fingerprint density at radius 1 is 1.11 bits per heavy atom. The average Bonchev–Trinajstić information content (AvgIpc) is 3.01. The van der Waals surface area contributed by atoms with Gasteiger partial charge in [-0.1, -0.05) is 42.5 Å². The minimum Gasteiger partial charge on any atom is -0.489 e. The van der Waals surface area contributed by atoms with Crippen LogP contribution in [-0.4, -0.2) is 6.61 Å². The third kappa shape index (κ3) is 3.13. The molecule has 1 N–H and O–H groups in total. The van der Waals surface area contributed by atoms with E-state index in [2.05, 4.69) is 29.7 Å². The predicted octanol–water partition coefficient (Wildman–Crippen LogP) is 3.23. The molecule has 1 unspecified atom stereocenters. The molecule has 1 saturated heterocycles. The van der Waals surface area contributed by atoms with E-state index in [1.54, 1.807) is 0 Å². The van der Waals surface area contributed by atoms with E-state index in [4.69, 9.17) is 9.57 Å². The highest BCUT2D eigenvalue weighted by atomic mass is 16.7. The van der Waals surface area contributed by atoms with Crippen molar-refractivity contribution in [2.24, 2.45) is 0 Å². The van der Waals surface area contributed by atoms with Crippen LogP contribution >= 0.6 is 0 Å². The fourth-order valence-corrected chi connectivity index (χ4v) is 2.19.